The molecule has 0 saturated carbocycles. The number of benzene rings is 1. The maximum absolute atomic E-state index is 12.3. The molecule has 8 heteroatoms. The van der Waals surface area contributed by atoms with Gasteiger partial charge in [-0.3, -0.25) is 0 Å². The first-order chi connectivity index (χ1) is 11.8. The Kier molecular flexibility index (Phi) is 4.68. The molecule has 1 N–H and O–H groups in total. The Bertz CT molecular complexity index is 670. The van der Waals surface area contributed by atoms with Crippen LogP contribution in [0.5, 0.6) is 5.75 Å². The maximum Gasteiger partial charge on any atom is 0.350 e. The zero-order valence-electron chi connectivity index (χ0n) is 14.1. The molecule has 8 nitrogen and oxygen atoms in total. The normalized spacial score (nSPS) is 31.4. The standard InChI is InChI=1S/C17H20O8/c1-9-13(23-14(19)10-6-4-5-7-11(10)18)15(20)21-8-12-16(22-9)25-17(2,3)24-12/h4-7,9,12-13,16,18H,8H2,1-3H3. The molecule has 4 atom stereocenters. The number of esters is 2. The zero-order valence-corrected chi connectivity index (χ0v) is 14.1. The number of rotatable bonds is 2. The Morgan fingerprint density at radius 3 is 2.72 bits per heavy atom. The number of hydrogen-bond acceptors (Lipinski definition) is 8. The van der Waals surface area contributed by atoms with Gasteiger partial charge >= 0.3 is 11.9 Å². The van der Waals surface area contributed by atoms with Crippen molar-refractivity contribution < 1.29 is 38.4 Å². The summed E-state index contributed by atoms with van der Waals surface area (Å²) in [7, 11) is 0. The third kappa shape index (κ3) is 3.76. The van der Waals surface area contributed by atoms with Gasteiger partial charge < -0.3 is 28.8 Å². The van der Waals surface area contributed by atoms with Crippen molar-refractivity contribution in [3.63, 3.8) is 0 Å². The lowest BCUT2D eigenvalue weighted by Crippen LogP contribution is -2.47. The highest BCUT2D eigenvalue weighted by Crippen LogP contribution is 2.32. The fourth-order valence-corrected chi connectivity index (χ4v) is 2.72. The predicted octanol–water partition coefficient (Wildman–Crippen LogP) is 1.36. The quantitative estimate of drug-likeness (QED) is 0.796. The summed E-state index contributed by atoms with van der Waals surface area (Å²) in [5.74, 6) is -2.71. The van der Waals surface area contributed by atoms with Gasteiger partial charge in [-0.15, -0.1) is 0 Å². The number of para-hydroxylation sites is 1. The third-order valence-electron chi connectivity index (χ3n) is 3.89. The monoisotopic (exact) mass is 352 g/mol. The van der Waals surface area contributed by atoms with Crippen molar-refractivity contribution in [2.24, 2.45) is 0 Å². The van der Waals surface area contributed by atoms with Gasteiger partial charge in [-0.25, -0.2) is 9.59 Å². The number of hydrogen-bond donors (Lipinski definition) is 1. The highest BCUT2D eigenvalue weighted by atomic mass is 16.8. The summed E-state index contributed by atoms with van der Waals surface area (Å²) < 4.78 is 27.4. The number of carbonyl (C=O) groups is 2. The molecule has 2 aliphatic heterocycles. The second-order valence-corrected chi connectivity index (χ2v) is 6.36. The number of fused-ring (bicyclic) bond motifs is 1. The van der Waals surface area contributed by atoms with E-state index in [0.29, 0.717) is 0 Å². The molecular weight excluding hydrogens is 332 g/mol. The Balaban J connectivity index is 1.74. The molecule has 0 spiro atoms. The van der Waals surface area contributed by atoms with E-state index in [9.17, 15) is 14.7 Å². The van der Waals surface area contributed by atoms with E-state index in [1.54, 1.807) is 32.9 Å². The van der Waals surface area contributed by atoms with Gasteiger partial charge in [-0.1, -0.05) is 12.1 Å². The molecule has 2 aliphatic rings. The molecule has 1 aromatic carbocycles. The molecule has 0 aromatic heterocycles. The summed E-state index contributed by atoms with van der Waals surface area (Å²) in [6.45, 7) is 4.94. The van der Waals surface area contributed by atoms with Crippen LogP contribution in [0.25, 0.3) is 0 Å². The average Bonchev–Trinajstić information content (AvgIpc) is 2.83. The van der Waals surface area contributed by atoms with Crippen LogP contribution in [0, 0.1) is 0 Å². The summed E-state index contributed by atoms with van der Waals surface area (Å²) in [6, 6.07) is 5.89. The van der Waals surface area contributed by atoms with Crippen LogP contribution in [-0.2, 0) is 28.5 Å². The fourth-order valence-electron chi connectivity index (χ4n) is 2.72. The van der Waals surface area contributed by atoms with Crippen molar-refractivity contribution in [2.75, 3.05) is 6.61 Å². The zero-order chi connectivity index (χ0) is 18.2. The number of aromatic hydroxyl groups is 1. The van der Waals surface area contributed by atoms with Gasteiger partial charge in [-0.05, 0) is 32.9 Å². The van der Waals surface area contributed by atoms with E-state index in [1.165, 1.54) is 12.1 Å². The largest absolute Gasteiger partial charge is 0.507 e. The van der Waals surface area contributed by atoms with Gasteiger partial charge in [0.1, 0.15) is 30.1 Å². The van der Waals surface area contributed by atoms with Crippen LogP contribution >= 0.6 is 0 Å². The first-order valence-corrected chi connectivity index (χ1v) is 7.93. The smallest absolute Gasteiger partial charge is 0.350 e. The minimum atomic E-state index is -1.29. The second kappa shape index (κ2) is 6.62. The van der Waals surface area contributed by atoms with Crippen molar-refractivity contribution in [1.82, 2.24) is 0 Å². The molecular formula is C17H20O8. The van der Waals surface area contributed by atoms with Crippen LogP contribution in [0.1, 0.15) is 31.1 Å². The van der Waals surface area contributed by atoms with E-state index in [1.807, 2.05) is 0 Å². The van der Waals surface area contributed by atoms with Gasteiger partial charge in [0.15, 0.2) is 12.1 Å². The van der Waals surface area contributed by atoms with Crippen molar-refractivity contribution in [2.45, 2.75) is 51.2 Å². The lowest BCUT2D eigenvalue weighted by molar-refractivity contribution is -0.221. The molecule has 0 radical (unpaired) electrons. The van der Waals surface area contributed by atoms with Crippen LogP contribution in [0.3, 0.4) is 0 Å². The molecule has 2 fully saturated rings. The highest BCUT2D eigenvalue weighted by molar-refractivity contribution is 5.94. The molecule has 0 amide bonds. The van der Waals surface area contributed by atoms with Gasteiger partial charge in [0.2, 0.25) is 6.10 Å². The van der Waals surface area contributed by atoms with E-state index >= 15 is 0 Å². The molecule has 4 unspecified atom stereocenters. The summed E-state index contributed by atoms with van der Waals surface area (Å²) in [6.07, 6.45) is -3.42. The first-order valence-electron chi connectivity index (χ1n) is 7.93. The molecule has 3 rings (SSSR count). The summed E-state index contributed by atoms with van der Waals surface area (Å²) in [5.41, 5.74) is -0.0518. The van der Waals surface area contributed by atoms with Crippen molar-refractivity contribution >= 4 is 11.9 Å². The van der Waals surface area contributed by atoms with Gasteiger partial charge in [0.05, 0.1) is 0 Å². The maximum atomic E-state index is 12.3. The first kappa shape index (κ1) is 17.7. The molecule has 136 valence electrons. The number of phenols is 1. The number of carbonyl (C=O) groups excluding carboxylic acids is 2. The predicted molar refractivity (Wildman–Crippen MR) is 82.6 cm³/mol. The SMILES string of the molecule is CC1OC2OC(C)(C)OC2COC(=O)C1OC(=O)c1ccccc1O. The molecule has 25 heavy (non-hydrogen) atoms. The Labute approximate surface area is 144 Å². The number of cyclic esters (lactones) is 1. The molecule has 1 aromatic rings. The van der Waals surface area contributed by atoms with Crippen LogP contribution in [0.15, 0.2) is 24.3 Å². The second-order valence-electron chi connectivity index (χ2n) is 6.36. The van der Waals surface area contributed by atoms with E-state index in [2.05, 4.69) is 0 Å². The van der Waals surface area contributed by atoms with Crippen molar-refractivity contribution in [1.29, 1.82) is 0 Å². The minimum Gasteiger partial charge on any atom is -0.507 e. The molecule has 2 saturated heterocycles. The van der Waals surface area contributed by atoms with Crippen molar-refractivity contribution in [3.8, 4) is 5.75 Å². The van der Waals surface area contributed by atoms with Gasteiger partial charge in [0, 0.05) is 0 Å². The summed E-state index contributed by atoms with van der Waals surface area (Å²) in [4.78, 5) is 24.5. The topological polar surface area (TPSA) is 101 Å². The lowest BCUT2D eigenvalue weighted by atomic mass is 10.2. The molecule has 0 aliphatic carbocycles. The van der Waals surface area contributed by atoms with Crippen LogP contribution < -0.4 is 0 Å². The third-order valence-corrected chi connectivity index (χ3v) is 3.89. The number of phenolic OH excluding ortho intramolecular Hbond substituents is 1. The Morgan fingerprint density at radius 1 is 1.28 bits per heavy atom. The fraction of sp³-hybridized carbons (Fsp3) is 0.529. The van der Waals surface area contributed by atoms with Gasteiger partial charge in [0.25, 0.3) is 0 Å². The number of ether oxygens (including phenoxy) is 5. The lowest BCUT2D eigenvalue weighted by Gasteiger charge is -2.29. The van der Waals surface area contributed by atoms with E-state index in [0.717, 1.165) is 0 Å². The Hall–Kier alpha value is -2.16. The van der Waals surface area contributed by atoms with Crippen molar-refractivity contribution in [3.05, 3.63) is 29.8 Å². The van der Waals surface area contributed by atoms with Gasteiger partial charge in [-0.2, -0.15) is 0 Å². The van der Waals surface area contributed by atoms with E-state index in [-0.39, 0.29) is 17.9 Å². The van der Waals surface area contributed by atoms with Crippen LogP contribution in [0.4, 0.5) is 0 Å². The highest BCUT2D eigenvalue weighted by Gasteiger charge is 2.47. The summed E-state index contributed by atoms with van der Waals surface area (Å²) >= 11 is 0. The molecule has 2 heterocycles. The molecule has 0 bridgehead atoms. The van der Waals surface area contributed by atoms with Crippen LogP contribution in [-0.4, -0.2) is 54.0 Å². The van der Waals surface area contributed by atoms with E-state index < -0.39 is 42.3 Å². The Morgan fingerprint density at radius 2 is 2.00 bits per heavy atom. The summed E-state index contributed by atoms with van der Waals surface area (Å²) in [5, 5.41) is 9.74. The van der Waals surface area contributed by atoms with Crippen LogP contribution in [0.2, 0.25) is 0 Å². The average molecular weight is 352 g/mol. The van der Waals surface area contributed by atoms with E-state index in [4.69, 9.17) is 23.7 Å². The minimum absolute atomic E-state index is 0.0518.